The zero-order valence-corrected chi connectivity index (χ0v) is 12.2. The lowest BCUT2D eigenvalue weighted by atomic mass is 9.99. The highest BCUT2D eigenvalue weighted by atomic mass is 19.4. The van der Waals surface area contributed by atoms with Crippen LogP contribution in [0.2, 0.25) is 0 Å². The first-order chi connectivity index (χ1) is 11.7. The number of non-ortho nitro benzene ring substituents is 1. The smallest absolute Gasteiger partial charge is 0.373 e. The fourth-order valence-electron chi connectivity index (χ4n) is 1.56. The summed E-state index contributed by atoms with van der Waals surface area (Å²) in [7, 11) is 0. The monoisotopic (exact) mass is 390 g/mol. The Bertz CT molecular complexity index is 719. The first-order valence-electron chi connectivity index (χ1n) is 6.27. The molecular formula is C11H8F6N4O5. The van der Waals surface area contributed by atoms with Gasteiger partial charge in [0.1, 0.15) is 5.69 Å². The molecular weight excluding hydrogens is 382 g/mol. The Morgan fingerprint density at radius 1 is 1.08 bits per heavy atom. The fraction of sp³-hybridized carbons (Fsp3) is 0.364. The van der Waals surface area contributed by atoms with Crippen LogP contribution in [0.25, 0.3) is 0 Å². The number of nitrogens with zero attached hydrogens (tertiary/aromatic N) is 3. The molecule has 0 fully saturated rings. The van der Waals surface area contributed by atoms with Crippen LogP contribution in [0, 0.1) is 20.2 Å². The zero-order valence-electron chi connectivity index (χ0n) is 12.2. The van der Waals surface area contributed by atoms with Crippen molar-refractivity contribution in [3.8, 4) is 0 Å². The maximum Gasteiger partial charge on any atom is 0.426 e. The van der Waals surface area contributed by atoms with E-state index in [1.165, 1.54) is 0 Å². The van der Waals surface area contributed by atoms with E-state index < -0.39 is 51.3 Å². The first kappa shape index (κ1) is 21.1. The molecule has 1 aromatic carbocycles. The van der Waals surface area contributed by atoms with E-state index in [1.807, 2.05) is 0 Å². The van der Waals surface area contributed by atoms with E-state index in [2.05, 4.69) is 5.10 Å². The number of anilines is 1. The van der Waals surface area contributed by atoms with Crippen molar-refractivity contribution in [2.75, 3.05) is 5.43 Å². The predicted molar refractivity (Wildman–Crippen MR) is 73.5 cm³/mol. The lowest BCUT2D eigenvalue weighted by molar-refractivity contribution is -0.393. The molecule has 144 valence electrons. The molecule has 0 saturated heterocycles. The van der Waals surface area contributed by atoms with Crippen LogP contribution in [-0.4, -0.2) is 39.1 Å². The number of halogens is 6. The molecule has 0 radical (unpaired) electrons. The summed E-state index contributed by atoms with van der Waals surface area (Å²) >= 11 is 0. The van der Waals surface area contributed by atoms with E-state index in [4.69, 9.17) is 5.11 Å². The minimum Gasteiger partial charge on any atom is -0.373 e. The predicted octanol–water partition coefficient (Wildman–Crippen LogP) is 3.15. The average Bonchev–Trinajstić information content (AvgIpc) is 2.48. The van der Waals surface area contributed by atoms with Crippen LogP contribution in [0.1, 0.15) is 6.42 Å². The third-order valence-electron chi connectivity index (χ3n) is 2.99. The molecule has 1 rings (SSSR count). The summed E-state index contributed by atoms with van der Waals surface area (Å²) in [4.78, 5) is 19.3. The number of nitrogens with one attached hydrogen (secondary N) is 1. The van der Waals surface area contributed by atoms with Gasteiger partial charge in [-0.2, -0.15) is 31.4 Å². The quantitative estimate of drug-likeness (QED) is 0.332. The number of hydrogen-bond acceptors (Lipinski definition) is 7. The molecule has 0 aliphatic carbocycles. The Morgan fingerprint density at radius 2 is 1.62 bits per heavy atom. The van der Waals surface area contributed by atoms with Gasteiger partial charge in [-0.25, -0.2) is 0 Å². The summed E-state index contributed by atoms with van der Waals surface area (Å²) in [6, 6.07) is 2.10. The zero-order chi connectivity index (χ0) is 20.3. The van der Waals surface area contributed by atoms with E-state index in [-0.39, 0.29) is 6.21 Å². The Balaban J connectivity index is 3.02. The van der Waals surface area contributed by atoms with Gasteiger partial charge in [-0.05, 0) is 6.07 Å². The van der Waals surface area contributed by atoms with Crippen molar-refractivity contribution in [2.45, 2.75) is 24.4 Å². The van der Waals surface area contributed by atoms with Crippen LogP contribution in [0.15, 0.2) is 23.3 Å². The summed E-state index contributed by atoms with van der Waals surface area (Å²) in [5, 5.41) is 33.2. The van der Waals surface area contributed by atoms with Gasteiger partial charge in [0.15, 0.2) is 0 Å². The van der Waals surface area contributed by atoms with Crippen LogP contribution in [0.5, 0.6) is 0 Å². The molecule has 1 aromatic rings. The van der Waals surface area contributed by atoms with Gasteiger partial charge in [-0.1, -0.05) is 0 Å². The number of benzene rings is 1. The Morgan fingerprint density at radius 3 is 2.04 bits per heavy atom. The summed E-state index contributed by atoms with van der Waals surface area (Å²) in [6.45, 7) is 0. The van der Waals surface area contributed by atoms with Gasteiger partial charge >= 0.3 is 18.0 Å². The standard InChI is InChI=1S/C11H8F6N4O5/c12-10(13,14)9(22,11(15,16)17)3-4-18-19-7-2-1-6(20(23)24)5-8(7)21(25)26/h1-2,4-5,19,22H,3H2/b18-4+. The van der Waals surface area contributed by atoms with Crippen LogP contribution in [0.4, 0.5) is 43.4 Å². The largest absolute Gasteiger partial charge is 0.426 e. The third-order valence-corrected chi connectivity index (χ3v) is 2.99. The lowest BCUT2D eigenvalue weighted by Gasteiger charge is -2.30. The van der Waals surface area contributed by atoms with Crippen molar-refractivity contribution in [2.24, 2.45) is 5.10 Å². The number of hydrazone groups is 1. The van der Waals surface area contributed by atoms with Gasteiger partial charge in [0.05, 0.1) is 15.9 Å². The van der Waals surface area contributed by atoms with Gasteiger partial charge in [0.2, 0.25) is 0 Å². The Labute approximate surface area is 139 Å². The van der Waals surface area contributed by atoms with Crippen molar-refractivity contribution in [3.63, 3.8) is 0 Å². The molecule has 0 bridgehead atoms. The molecule has 0 amide bonds. The Hall–Kier alpha value is -2.97. The molecule has 0 unspecified atom stereocenters. The molecule has 0 saturated carbocycles. The molecule has 9 nitrogen and oxygen atoms in total. The van der Waals surface area contributed by atoms with Crippen molar-refractivity contribution in [1.29, 1.82) is 0 Å². The minimum absolute atomic E-state index is 0.0200. The lowest BCUT2D eigenvalue weighted by Crippen LogP contribution is -2.57. The summed E-state index contributed by atoms with van der Waals surface area (Å²) in [5.41, 5.74) is -5.36. The van der Waals surface area contributed by atoms with Crippen molar-refractivity contribution < 1.29 is 41.3 Å². The SMILES string of the molecule is O=[N+]([O-])c1ccc(N/N=C/CC(O)(C(F)(F)F)C(F)(F)F)c([N+](=O)[O-])c1. The second kappa shape index (κ2) is 7.11. The molecule has 26 heavy (non-hydrogen) atoms. The maximum atomic E-state index is 12.4. The maximum absolute atomic E-state index is 12.4. The van der Waals surface area contributed by atoms with E-state index >= 15 is 0 Å². The van der Waals surface area contributed by atoms with Gasteiger partial charge in [-0.15, -0.1) is 0 Å². The molecule has 0 atom stereocenters. The van der Waals surface area contributed by atoms with E-state index in [0.717, 1.165) is 12.1 Å². The number of aliphatic hydroxyl groups is 1. The topological polar surface area (TPSA) is 131 Å². The highest BCUT2D eigenvalue weighted by Gasteiger charge is 2.69. The van der Waals surface area contributed by atoms with Crippen LogP contribution >= 0.6 is 0 Å². The van der Waals surface area contributed by atoms with Crippen LogP contribution in [0.3, 0.4) is 0 Å². The molecule has 0 heterocycles. The molecule has 0 spiro atoms. The van der Waals surface area contributed by atoms with Gasteiger partial charge in [0.25, 0.3) is 11.3 Å². The van der Waals surface area contributed by atoms with Gasteiger partial charge in [0, 0.05) is 18.7 Å². The number of nitro groups is 2. The third kappa shape index (κ3) is 4.35. The van der Waals surface area contributed by atoms with Gasteiger partial charge < -0.3 is 5.11 Å². The second-order valence-corrected chi connectivity index (χ2v) is 4.70. The van der Waals surface area contributed by atoms with Crippen LogP contribution in [-0.2, 0) is 0 Å². The normalized spacial score (nSPS) is 13.0. The van der Waals surface area contributed by atoms with Crippen molar-refractivity contribution >= 4 is 23.3 Å². The molecule has 0 aliphatic rings. The number of alkyl halides is 6. The van der Waals surface area contributed by atoms with E-state index in [1.54, 1.807) is 5.43 Å². The van der Waals surface area contributed by atoms with Crippen molar-refractivity contribution in [1.82, 2.24) is 0 Å². The summed E-state index contributed by atoms with van der Waals surface area (Å²) in [5.74, 6) is 0. The van der Waals surface area contributed by atoms with E-state index in [9.17, 15) is 46.6 Å². The second-order valence-electron chi connectivity index (χ2n) is 4.70. The summed E-state index contributed by atoms with van der Waals surface area (Å²) < 4.78 is 74.6. The molecule has 2 N–H and O–H groups in total. The number of nitro benzene ring substituents is 2. The number of rotatable bonds is 6. The highest BCUT2D eigenvalue weighted by Crippen LogP contribution is 2.44. The number of hydrogen-bond donors (Lipinski definition) is 2. The minimum atomic E-state index is -6.05. The Kier molecular flexibility index (Phi) is 5.76. The van der Waals surface area contributed by atoms with Crippen molar-refractivity contribution in [3.05, 3.63) is 38.4 Å². The summed E-state index contributed by atoms with van der Waals surface area (Å²) in [6.07, 6.45) is -14.1. The van der Waals surface area contributed by atoms with Gasteiger partial charge in [-0.3, -0.25) is 25.7 Å². The molecule has 15 heteroatoms. The molecule has 0 aliphatic heterocycles. The molecule has 0 aromatic heterocycles. The van der Waals surface area contributed by atoms with E-state index in [0.29, 0.717) is 6.07 Å². The first-order valence-corrected chi connectivity index (χ1v) is 6.27. The average molecular weight is 390 g/mol. The highest BCUT2D eigenvalue weighted by molar-refractivity contribution is 5.67. The van der Waals surface area contributed by atoms with Crippen LogP contribution < -0.4 is 5.43 Å². The fourth-order valence-corrected chi connectivity index (χ4v) is 1.56.